The number of halogens is 1. The summed E-state index contributed by atoms with van der Waals surface area (Å²) in [5, 5.41) is 7.91. The molecule has 5 nitrogen and oxygen atoms in total. The molecule has 0 saturated heterocycles. The van der Waals surface area contributed by atoms with Crippen molar-refractivity contribution in [1.29, 1.82) is 0 Å². The Kier molecular flexibility index (Phi) is 5.92. The molecule has 1 aromatic carbocycles. The average molecular weight is 429 g/mol. The third-order valence-electron chi connectivity index (χ3n) is 5.39. The topological polar surface area (TPSA) is 57.3 Å². The highest BCUT2D eigenvalue weighted by Gasteiger charge is 2.23. The Labute approximate surface area is 180 Å². The zero-order valence-corrected chi connectivity index (χ0v) is 18.2. The van der Waals surface area contributed by atoms with E-state index in [0.717, 1.165) is 48.1 Å². The molecule has 1 aliphatic rings. The van der Waals surface area contributed by atoms with Crippen LogP contribution in [0, 0.1) is 0 Å². The summed E-state index contributed by atoms with van der Waals surface area (Å²) in [5.41, 5.74) is 2.16. The molecule has 29 heavy (non-hydrogen) atoms. The highest BCUT2D eigenvalue weighted by Crippen LogP contribution is 2.29. The van der Waals surface area contributed by atoms with Gasteiger partial charge >= 0.3 is 0 Å². The predicted octanol–water partition coefficient (Wildman–Crippen LogP) is 5.17. The van der Waals surface area contributed by atoms with E-state index in [9.17, 15) is 4.79 Å². The minimum absolute atomic E-state index is 0.0230. The molecule has 1 aliphatic carbocycles. The molecule has 3 aromatic rings. The number of carbonyl (C=O) groups is 1. The summed E-state index contributed by atoms with van der Waals surface area (Å²) < 4.78 is 0.642. The smallest absolute Gasteiger partial charge is 0.261 e. The van der Waals surface area contributed by atoms with Crippen molar-refractivity contribution in [3.05, 3.63) is 51.7 Å². The average Bonchev–Trinajstić information content (AvgIpc) is 3.15. The second kappa shape index (κ2) is 8.59. The van der Waals surface area contributed by atoms with Gasteiger partial charge in [0.15, 0.2) is 0 Å². The lowest BCUT2D eigenvalue weighted by Crippen LogP contribution is -2.40. The van der Waals surface area contributed by atoms with Gasteiger partial charge in [-0.25, -0.2) is 4.98 Å². The van der Waals surface area contributed by atoms with E-state index in [2.05, 4.69) is 47.8 Å². The van der Waals surface area contributed by atoms with E-state index >= 15 is 0 Å². The summed E-state index contributed by atoms with van der Waals surface area (Å²) in [4.78, 5) is 19.9. The fourth-order valence-corrected chi connectivity index (χ4v) is 4.83. The number of amides is 1. The van der Waals surface area contributed by atoms with Crippen LogP contribution in [0.5, 0.6) is 0 Å². The summed E-state index contributed by atoms with van der Waals surface area (Å²) in [6.45, 7) is 0. The number of fused-ring (bicyclic) bond motifs is 1. The van der Waals surface area contributed by atoms with Gasteiger partial charge in [0.2, 0.25) is 0 Å². The number of thiophene rings is 1. The van der Waals surface area contributed by atoms with Crippen LogP contribution in [-0.4, -0.2) is 37.1 Å². The number of hydrogen-bond donors (Lipinski definition) is 2. The van der Waals surface area contributed by atoms with Crippen molar-refractivity contribution in [1.82, 2.24) is 10.3 Å². The maximum absolute atomic E-state index is 12.3. The monoisotopic (exact) mass is 428 g/mol. The van der Waals surface area contributed by atoms with Crippen LogP contribution in [0.4, 0.5) is 11.5 Å². The van der Waals surface area contributed by atoms with Crippen molar-refractivity contribution in [2.45, 2.75) is 37.8 Å². The maximum Gasteiger partial charge on any atom is 0.261 e. The lowest BCUT2D eigenvalue weighted by molar-refractivity contribution is 0.0930. The van der Waals surface area contributed by atoms with Gasteiger partial charge in [-0.05, 0) is 43.9 Å². The molecule has 0 atom stereocenters. The molecule has 1 fully saturated rings. The molecule has 0 unspecified atom stereocenters. The summed E-state index contributed by atoms with van der Waals surface area (Å²) >= 11 is 7.25. The number of pyridine rings is 1. The van der Waals surface area contributed by atoms with Gasteiger partial charge in [-0.1, -0.05) is 29.8 Å². The second-order valence-corrected chi connectivity index (χ2v) is 9.42. The Morgan fingerprint density at radius 3 is 2.52 bits per heavy atom. The van der Waals surface area contributed by atoms with Gasteiger partial charge in [-0.15, -0.1) is 11.3 Å². The van der Waals surface area contributed by atoms with E-state index in [0.29, 0.717) is 15.3 Å². The molecule has 2 N–H and O–H groups in total. The number of benzene rings is 1. The lowest BCUT2D eigenvalue weighted by atomic mass is 9.91. The van der Waals surface area contributed by atoms with Crippen molar-refractivity contribution < 1.29 is 4.79 Å². The summed E-state index contributed by atoms with van der Waals surface area (Å²) in [7, 11) is 4.11. The molecule has 0 radical (unpaired) electrons. The normalized spacial score (nSPS) is 19.1. The molecule has 0 bridgehead atoms. The van der Waals surface area contributed by atoms with E-state index in [-0.39, 0.29) is 11.9 Å². The Bertz CT molecular complexity index is 1010. The fraction of sp³-hybridized carbons (Fsp3) is 0.364. The Hall–Kier alpha value is -2.31. The molecule has 0 aliphatic heterocycles. The first-order valence-corrected chi connectivity index (χ1v) is 11.1. The Morgan fingerprint density at radius 1 is 1.10 bits per heavy atom. The van der Waals surface area contributed by atoms with Crippen LogP contribution in [0.15, 0.2) is 42.5 Å². The van der Waals surface area contributed by atoms with Gasteiger partial charge in [0.25, 0.3) is 5.91 Å². The molecule has 4 rings (SSSR count). The van der Waals surface area contributed by atoms with Crippen LogP contribution in [0.2, 0.25) is 4.34 Å². The molecular weight excluding hydrogens is 404 g/mol. The van der Waals surface area contributed by atoms with Crippen LogP contribution in [-0.2, 0) is 0 Å². The number of nitrogens with zero attached hydrogens (tertiary/aromatic N) is 2. The highest BCUT2D eigenvalue weighted by atomic mass is 35.5. The van der Waals surface area contributed by atoms with Crippen LogP contribution >= 0.6 is 22.9 Å². The lowest BCUT2D eigenvalue weighted by Gasteiger charge is -2.30. The Morgan fingerprint density at radius 2 is 1.83 bits per heavy atom. The fourth-order valence-electron chi connectivity index (χ4n) is 3.89. The largest absolute Gasteiger partial charge is 0.377 e. The number of aromatic nitrogens is 1. The first-order valence-electron chi connectivity index (χ1n) is 9.89. The van der Waals surface area contributed by atoms with Crippen molar-refractivity contribution in [2.24, 2.45) is 0 Å². The van der Waals surface area contributed by atoms with Gasteiger partial charge in [0, 0.05) is 43.3 Å². The van der Waals surface area contributed by atoms with Crippen molar-refractivity contribution >= 4 is 51.3 Å². The first-order chi connectivity index (χ1) is 14.0. The van der Waals surface area contributed by atoms with E-state index in [1.54, 1.807) is 12.1 Å². The minimum Gasteiger partial charge on any atom is -0.377 e. The molecule has 2 heterocycles. The summed E-state index contributed by atoms with van der Waals surface area (Å²) in [5.74, 6) is 0.887. The summed E-state index contributed by atoms with van der Waals surface area (Å²) in [6, 6.07) is 14.5. The van der Waals surface area contributed by atoms with Crippen LogP contribution < -0.4 is 15.5 Å². The molecule has 1 saturated carbocycles. The van der Waals surface area contributed by atoms with Gasteiger partial charge in [-0.2, -0.15) is 0 Å². The molecule has 1 amide bonds. The molecule has 2 aromatic heterocycles. The van der Waals surface area contributed by atoms with Gasteiger partial charge < -0.3 is 15.5 Å². The highest BCUT2D eigenvalue weighted by molar-refractivity contribution is 7.18. The Balaban J connectivity index is 1.38. The van der Waals surface area contributed by atoms with Crippen LogP contribution in [0.3, 0.4) is 0 Å². The first kappa shape index (κ1) is 20.0. The van der Waals surface area contributed by atoms with Gasteiger partial charge in [0.1, 0.15) is 5.82 Å². The zero-order valence-electron chi connectivity index (χ0n) is 16.6. The number of nitrogens with one attached hydrogen (secondary N) is 2. The van der Waals surface area contributed by atoms with Crippen LogP contribution in [0.1, 0.15) is 35.4 Å². The van der Waals surface area contributed by atoms with E-state index in [1.165, 1.54) is 11.3 Å². The third-order valence-corrected chi connectivity index (χ3v) is 6.62. The maximum atomic E-state index is 12.3. The number of anilines is 2. The van der Waals surface area contributed by atoms with E-state index < -0.39 is 0 Å². The SMILES string of the molecule is CN(C)c1cc(N[C@H]2CC[C@@H](NC(=O)c3ccc(Cl)s3)CC2)nc2ccccc12. The van der Waals surface area contributed by atoms with Crippen molar-refractivity contribution in [3.63, 3.8) is 0 Å². The second-order valence-electron chi connectivity index (χ2n) is 7.71. The number of rotatable bonds is 5. The number of para-hydroxylation sites is 1. The number of hydrogen-bond acceptors (Lipinski definition) is 5. The minimum atomic E-state index is -0.0230. The van der Waals surface area contributed by atoms with Crippen LogP contribution in [0.25, 0.3) is 10.9 Å². The van der Waals surface area contributed by atoms with Crippen molar-refractivity contribution in [2.75, 3.05) is 24.3 Å². The van der Waals surface area contributed by atoms with Gasteiger partial charge in [-0.3, -0.25) is 4.79 Å². The quantitative estimate of drug-likeness (QED) is 0.588. The number of carbonyl (C=O) groups excluding carboxylic acids is 1. The molecule has 7 heteroatoms. The molecular formula is C22H25ClN4OS. The van der Waals surface area contributed by atoms with E-state index in [1.807, 2.05) is 12.1 Å². The van der Waals surface area contributed by atoms with Crippen molar-refractivity contribution in [3.8, 4) is 0 Å². The molecule has 152 valence electrons. The van der Waals surface area contributed by atoms with Gasteiger partial charge in [0.05, 0.1) is 14.7 Å². The standard InChI is InChI=1S/C22H25ClN4OS/c1-27(2)18-13-21(26-17-6-4-3-5-16(17)18)24-14-7-9-15(10-8-14)25-22(28)19-11-12-20(23)29-19/h3-6,11-15H,7-10H2,1-2H3,(H,24,26)(H,25,28)/t14-,15+. The summed E-state index contributed by atoms with van der Waals surface area (Å²) in [6.07, 6.45) is 3.91. The third kappa shape index (κ3) is 4.65. The van der Waals surface area contributed by atoms with E-state index in [4.69, 9.17) is 16.6 Å². The zero-order chi connectivity index (χ0) is 20.4. The predicted molar refractivity (Wildman–Crippen MR) is 123 cm³/mol. The molecule has 0 spiro atoms.